The van der Waals surface area contributed by atoms with Gasteiger partial charge in [0.25, 0.3) is 5.69 Å². The highest BCUT2D eigenvalue weighted by Gasteiger charge is 2.13. The van der Waals surface area contributed by atoms with E-state index < -0.39 is 10.9 Å². The van der Waals surface area contributed by atoms with Crippen LogP contribution < -0.4 is 5.43 Å². The van der Waals surface area contributed by atoms with Gasteiger partial charge < -0.3 is 9.52 Å². The van der Waals surface area contributed by atoms with Crippen LogP contribution in [0.3, 0.4) is 0 Å². The molecule has 2 N–H and O–H groups in total. The number of aromatic carboxylic acids is 1. The summed E-state index contributed by atoms with van der Waals surface area (Å²) in [6, 6.07) is 12.2. The minimum absolute atomic E-state index is 0.0307. The zero-order valence-electron chi connectivity index (χ0n) is 13.9. The molecule has 0 fully saturated rings. The Balaban J connectivity index is 1.74. The number of nitrogens with zero attached hydrogens (tertiary/aromatic N) is 2. The number of halogens is 2. The molecule has 3 rings (SSSR count). The van der Waals surface area contributed by atoms with Gasteiger partial charge in [0, 0.05) is 22.2 Å². The molecule has 28 heavy (non-hydrogen) atoms. The van der Waals surface area contributed by atoms with Crippen molar-refractivity contribution in [3.8, 4) is 11.3 Å². The zero-order chi connectivity index (χ0) is 20.3. The third kappa shape index (κ3) is 4.38. The number of carbonyl (C=O) groups is 1. The van der Waals surface area contributed by atoms with E-state index in [1.165, 1.54) is 30.5 Å². The topological polar surface area (TPSA) is 118 Å². The molecule has 3 aromatic rings. The van der Waals surface area contributed by atoms with Crippen molar-refractivity contribution in [2.45, 2.75) is 0 Å². The number of nitrogens with one attached hydrogen (secondary N) is 1. The van der Waals surface area contributed by atoms with Gasteiger partial charge in [-0.05, 0) is 52.3 Å². The zero-order valence-corrected chi connectivity index (χ0v) is 16.3. The first-order chi connectivity index (χ1) is 13.3. The van der Waals surface area contributed by atoms with Crippen molar-refractivity contribution in [1.82, 2.24) is 0 Å². The summed E-state index contributed by atoms with van der Waals surface area (Å²) in [5.41, 5.74) is 3.73. The third-order valence-electron chi connectivity index (χ3n) is 3.64. The van der Waals surface area contributed by atoms with Crippen LogP contribution in [-0.4, -0.2) is 22.2 Å². The lowest BCUT2D eigenvalue weighted by atomic mass is 10.1. The molecule has 0 aliphatic carbocycles. The fourth-order valence-electron chi connectivity index (χ4n) is 2.31. The number of hydrazone groups is 1. The summed E-state index contributed by atoms with van der Waals surface area (Å²) in [5, 5.41) is 24.0. The van der Waals surface area contributed by atoms with E-state index in [4.69, 9.17) is 21.1 Å². The van der Waals surface area contributed by atoms with Crippen LogP contribution in [0.4, 0.5) is 11.4 Å². The number of carboxylic acids is 1. The molecule has 1 heterocycles. The summed E-state index contributed by atoms with van der Waals surface area (Å²) < 4.78 is 6.19. The Bertz CT molecular complexity index is 1100. The Hall–Kier alpha value is -3.17. The van der Waals surface area contributed by atoms with E-state index >= 15 is 0 Å². The first-order valence-corrected chi connectivity index (χ1v) is 8.88. The Labute approximate surface area is 171 Å². The lowest BCUT2D eigenvalue weighted by molar-refractivity contribution is -0.384. The van der Waals surface area contributed by atoms with Gasteiger partial charge in [-0.15, -0.1) is 0 Å². The fraction of sp³-hybridized carbons (Fsp3) is 0. The predicted molar refractivity (Wildman–Crippen MR) is 108 cm³/mol. The minimum Gasteiger partial charge on any atom is -0.478 e. The summed E-state index contributed by atoms with van der Waals surface area (Å²) in [6.07, 6.45) is 1.41. The summed E-state index contributed by atoms with van der Waals surface area (Å²) >= 11 is 9.12. The van der Waals surface area contributed by atoms with Crippen molar-refractivity contribution in [1.29, 1.82) is 0 Å². The van der Waals surface area contributed by atoms with Crippen LogP contribution in [0.25, 0.3) is 11.3 Å². The van der Waals surface area contributed by atoms with E-state index in [2.05, 4.69) is 26.5 Å². The van der Waals surface area contributed by atoms with E-state index in [9.17, 15) is 14.9 Å². The second-order valence-electron chi connectivity index (χ2n) is 5.49. The molecule has 10 heteroatoms. The number of hydrogen-bond acceptors (Lipinski definition) is 6. The molecule has 0 amide bonds. The molecule has 0 spiro atoms. The van der Waals surface area contributed by atoms with Gasteiger partial charge in [-0.2, -0.15) is 5.10 Å². The Morgan fingerprint density at radius 2 is 2.04 bits per heavy atom. The number of benzene rings is 2. The molecule has 2 aromatic carbocycles. The van der Waals surface area contributed by atoms with Crippen LogP contribution in [0.15, 0.2) is 62.5 Å². The van der Waals surface area contributed by atoms with Crippen molar-refractivity contribution in [2.24, 2.45) is 5.10 Å². The normalized spacial score (nSPS) is 10.9. The second-order valence-corrected chi connectivity index (χ2v) is 6.75. The second kappa shape index (κ2) is 8.24. The number of non-ortho nitro benzene ring substituents is 1. The van der Waals surface area contributed by atoms with E-state index in [0.717, 1.165) is 0 Å². The maximum absolute atomic E-state index is 11.1. The summed E-state index contributed by atoms with van der Waals surface area (Å²) in [5.74, 6) is -0.204. The van der Waals surface area contributed by atoms with Gasteiger partial charge in [-0.25, -0.2) is 4.79 Å². The Morgan fingerprint density at radius 3 is 2.71 bits per heavy atom. The smallest absolute Gasteiger partial charge is 0.337 e. The van der Waals surface area contributed by atoms with Gasteiger partial charge in [0.05, 0.1) is 27.4 Å². The maximum Gasteiger partial charge on any atom is 0.337 e. The Kier molecular flexibility index (Phi) is 5.76. The Morgan fingerprint density at radius 1 is 1.25 bits per heavy atom. The molecule has 0 atom stereocenters. The standard InChI is InChI=1S/C18H11BrClN3O5/c19-15-8-11(23(26)27)2-4-13(15)17-6-3-12(28-17)9-21-22-10-1-5-16(20)14(7-10)18(24)25/h1-9,22H,(H,24,25)/b21-9-. The molecular formula is C18H11BrClN3O5. The number of carboxylic acid groups (broad SMARTS) is 1. The van der Waals surface area contributed by atoms with E-state index in [1.54, 1.807) is 24.3 Å². The van der Waals surface area contributed by atoms with Gasteiger partial charge in [0.2, 0.25) is 0 Å². The maximum atomic E-state index is 11.1. The SMILES string of the molecule is O=C(O)c1cc(N/N=C\c2ccc(-c3ccc([N+](=O)[O-])cc3Br)o2)ccc1Cl. The van der Waals surface area contributed by atoms with Crippen LogP contribution in [-0.2, 0) is 0 Å². The summed E-state index contributed by atoms with van der Waals surface area (Å²) in [7, 11) is 0. The highest BCUT2D eigenvalue weighted by molar-refractivity contribution is 9.10. The highest BCUT2D eigenvalue weighted by Crippen LogP contribution is 2.32. The van der Waals surface area contributed by atoms with Crippen LogP contribution in [0.5, 0.6) is 0 Å². The van der Waals surface area contributed by atoms with E-state index in [0.29, 0.717) is 27.2 Å². The third-order valence-corrected chi connectivity index (χ3v) is 4.62. The molecule has 142 valence electrons. The first-order valence-electron chi connectivity index (χ1n) is 7.71. The fourth-order valence-corrected chi connectivity index (χ4v) is 3.07. The largest absolute Gasteiger partial charge is 0.478 e. The average molecular weight is 465 g/mol. The molecular weight excluding hydrogens is 454 g/mol. The first kappa shape index (κ1) is 19.6. The van der Waals surface area contributed by atoms with Crippen LogP contribution >= 0.6 is 27.5 Å². The molecule has 0 saturated carbocycles. The number of rotatable bonds is 6. The van der Waals surface area contributed by atoms with E-state index in [1.807, 2.05) is 0 Å². The van der Waals surface area contributed by atoms with Crippen LogP contribution in [0.2, 0.25) is 5.02 Å². The number of nitro groups is 1. The molecule has 0 saturated heterocycles. The van der Waals surface area contributed by atoms with Crippen LogP contribution in [0, 0.1) is 10.1 Å². The molecule has 0 bridgehead atoms. The highest BCUT2D eigenvalue weighted by atomic mass is 79.9. The molecule has 0 unspecified atom stereocenters. The van der Waals surface area contributed by atoms with Gasteiger partial charge in [0.15, 0.2) is 0 Å². The molecule has 8 nitrogen and oxygen atoms in total. The lowest BCUT2D eigenvalue weighted by Crippen LogP contribution is -1.99. The van der Waals surface area contributed by atoms with E-state index in [-0.39, 0.29) is 16.3 Å². The van der Waals surface area contributed by atoms with Gasteiger partial charge >= 0.3 is 5.97 Å². The molecule has 0 aliphatic rings. The summed E-state index contributed by atoms with van der Waals surface area (Å²) in [4.78, 5) is 21.4. The van der Waals surface area contributed by atoms with Crippen molar-refractivity contribution in [3.05, 3.63) is 79.5 Å². The molecule has 0 radical (unpaired) electrons. The van der Waals surface area contributed by atoms with Gasteiger partial charge in [0.1, 0.15) is 11.5 Å². The average Bonchev–Trinajstić information content (AvgIpc) is 3.11. The number of furan rings is 1. The lowest BCUT2D eigenvalue weighted by Gasteiger charge is -2.03. The number of nitro benzene ring substituents is 1. The van der Waals surface area contributed by atoms with Crippen molar-refractivity contribution < 1.29 is 19.2 Å². The minimum atomic E-state index is -1.14. The summed E-state index contributed by atoms with van der Waals surface area (Å²) in [6.45, 7) is 0. The molecule has 0 aliphatic heterocycles. The predicted octanol–water partition coefficient (Wildman–Crippen LogP) is 5.41. The van der Waals surface area contributed by atoms with Gasteiger partial charge in [-0.1, -0.05) is 11.6 Å². The monoisotopic (exact) mass is 463 g/mol. The number of anilines is 1. The molecule has 1 aromatic heterocycles. The van der Waals surface area contributed by atoms with Crippen molar-refractivity contribution in [3.63, 3.8) is 0 Å². The van der Waals surface area contributed by atoms with Crippen molar-refractivity contribution in [2.75, 3.05) is 5.43 Å². The van der Waals surface area contributed by atoms with Gasteiger partial charge in [-0.3, -0.25) is 15.5 Å². The van der Waals surface area contributed by atoms with Crippen molar-refractivity contribution >= 4 is 51.1 Å². The quantitative estimate of drug-likeness (QED) is 0.286. The van der Waals surface area contributed by atoms with Crippen LogP contribution in [0.1, 0.15) is 16.1 Å². The number of hydrogen-bond donors (Lipinski definition) is 2.